The van der Waals surface area contributed by atoms with Gasteiger partial charge in [-0.05, 0) is 61.0 Å². The predicted molar refractivity (Wildman–Crippen MR) is 99.9 cm³/mol. The van der Waals surface area contributed by atoms with Crippen molar-refractivity contribution in [2.45, 2.75) is 18.0 Å². The number of para-hydroxylation sites is 1. The summed E-state index contributed by atoms with van der Waals surface area (Å²) >= 11 is 0. The molecule has 0 atom stereocenters. The number of anilines is 1. The molecule has 0 saturated carbocycles. The molecule has 3 aromatic rings. The van der Waals surface area contributed by atoms with Gasteiger partial charge >= 0.3 is 6.18 Å². The molecule has 1 N–H and O–H groups in total. The molecule has 146 valence electrons. The molecule has 3 aromatic carbocycles. The predicted octanol–water partition coefficient (Wildman–Crippen LogP) is 5.61. The average molecular weight is 407 g/mol. The third kappa shape index (κ3) is 4.64. The maximum absolute atomic E-state index is 12.8. The van der Waals surface area contributed by atoms with Gasteiger partial charge in [-0.15, -0.1) is 0 Å². The summed E-state index contributed by atoms with van der Waals surface area (Å²) in [5, 5.41) is 0. The van der Waals surface area contributed by atoms with Crippen LogP contribution in [0.3, 0.4) is 0 Å². The number of sulfonamides is 1. The SMILES string of the molecule is Cc1ccccc1Oc1ccc(S(=O)(=O)Nc2cccc(C(F)(F)F)c2)cc1. The van der Waals surface area contributed by atoms with E-state index in [1.54, 1.807) is 6.07 Å². The van der Waals surface area contributed by atoms with E-state index in [4.69, 9.17) is 4.74 Å². The number of alkyl halides is 3. The van der Waals surface area contributed by atoms with Crippen molar-refractivity contribution in [3.63, 3.8) is 0 Å². The molecule has 0 amide bonds. The summed E-state index contributed by atoms with van der Waals surface area (Å²) in [5.74, 6) is 1.08. The molecule has 0 spiro atoms. The van der Waals surface area contributed by atoms with Gasteiger partial charge < -0.3 is 4.74 Å². The summed E-state index contributed by atoms with van der Waals surface area (Å²) in [6.07, 6.45) is -4.56. The summed E-state index contributed by atoms with van der Waals surface area (Å²) in [4.78, 5) is -0.0953. The number of nitrogens with one attached hydrogen (secondary N) is 1. The zero-order chi connectivity index (χ0) is 20.4. The van der Waals surface area contributed by atoms with Crippen LogP contribution in [0.5, 0.6) is 11.5 Å². The monoisotopic (exact) mass is 407 g/mol. The Morgan fingerprint density at radius 1 is 0.893 bits per heavy atom. The maximum atomic E-state index is 12.8. The fraction of sp³-hybridized carbons (Fsp3) is 0.100. The second kappa shape index (κ2) is 7.55. The van der Waals surface area contributed by atoms with Crippen molar-refractivity contribution in [1.29, 1.82) is 0 Å². The van der Waals surface area contributed by atoms with Crippen molar-refractivity contribution in [1.82, 2.24) is 0 Å². The van der Waals surface area contributed by atoms with Gasteiger partial charge in [0.25, 0.3) is 10.0 Å². The first kappa shape index (κ1) is 19.8. The van der Waals surface area contributed by atoms with Crippen molar-refractivity contribution >= 4 is 15.7 Å². The second-order valence-electron chi connectivity index (χ2n) is 6.02. The first-order valence-electron chi connectivity index (χ1n) is 8.19. The van der Waals surface area contributed by atoms with E-state index >= 15 is 0 Å². The molecule has 0 saturated heterocycles. The molecule has 0 aliphatic carbocycles. The van der Waals surface area contributed by atoms with Crippen LogP contribution in [0.25, 0.3) is 0 Å². The van der Waals surface area contributed by atoms with E-state index in [1.807, 2.05) is 25.1 Å². The first-order valence-corrected chi connectivity index (χ1v) is 9.67. The lowest BCUT2D eigenvalue weighted by Gasteiger charge is -2.12. The zero-order valence-corrected chi connectivity index (χ0v) is 15.5. The molecule has 0 aliphatic heterocycles. The van der Waals surface area contributed by atoms with Crippen molar-refractivity contribution in [3.05, 3.63) is 83.9 Å². The largest absolute Gasteiger partial charge is 0.457 e. The number of hydrogen-bond acceptors (Lipinski definition) is 3. The molecule has 28 heavy (non-hydrogen) atoms. The minimum absolute atomic E-state index is 0.0953. The highest BCUT2D eigenvalue weighted by molar-refractivity contribution is 7.92. The smallest absolute Gasteiger partial charge is 0.416 e. The van der Waals surface area contributed by atoms with Gasteiger partial charge in [-0.2, -0.15) is 13.2 Å². The Labute approximate surface area is 160 Å². The molecule has 8 heteroatoms. The Morgan fingerprint density at radius 2 is 1.57 bits per heavy atom. The Kier molecular flexibility index (Phi) is 5.33. The quantitative estimate of drug-likeness (QED) is 0.598. The second-order valence-corrected chi connectivity index (χ2v) is 7.71. The molecule has 3 rings (SSSR count). The molecule has 0 aliphatic rings. The average Bonchev–Trinajstić information content (AvgIpc) is 2.63. The lowest BCUT2D eigenvalue weighted by Crippen LogP contribution is -2.14. The van der Waals surface area contributed by atoms with Crippen LogP contribution < -0.4 is 9.46 Å². The minimum atomic E-state index is -4.56. The first-order chi connectivity index (χ1) is 13.1. The van der Waals surface area contributed by atoms with E-state index in [0.717, 1.165) is 23.8 Å². The number of hydrogen-bond donors (Lipinski definition) is 1. The van der Waals surface area contributed by atoms with Gasteiger partial charge in [0, 0.05) is 5.69 Å². The molecule has 0 radical (unpaired) electrons. The summed E-state index contributed by atoms with van der Waals surface area (Å²) in [7, 11) is -4.05. The third-order valence-electron chi connectivity index (χ3n) is 3.90. The number of rotatable bonds is 5. The van der Waals surface area contributed by atoms with E-state index in [-0.39, 0.29) is 10.6 Å². The van der Waals surface area contributed by atoms with Gasteiger partial charge in [0.2, 0.25) is 0 Å². The highest BCUT2D eigenvalue weighted by Gasteiger charge is 2.30. The van der Waals surface area contributed by atoms with E-state index in [2.05, 4.69) is 4.72 Å². The van der Waals surface area contributed by atoms with Gasteiger partial charge in [-0.1, -0.05) is 24.3 Å². The van der Waals surface area contributed by atoms with Crippen LogP contribution in [0.1, 0.15) is 11.1 Å². The Bertz CT molecular complexity index is 1080. The maximum Gasteiger partial charge on any atom is 0.416 e. The summed E-state index contributed by atoms with van der Waals surface area (Å²) in [6, 6.07) is 17.0. The molecule has 0 bridgehead atoms. The van der Waals surface area contributed by atoms with Crippen LogP contribution in [0, 0.1) is 6.92 Å². The van der Waals surface area contributed by atoms with Crippen LogP contribution in [-0.2, 0) is 16.2 Å². The van der Waals surface area contributed by atoms with Crippen LogP contribution >= 0.6 is 0 Å². The zero-order valence-electron chi connectivity index (χ0n) is 14.7. The van der Waals surface area contributed by atoms with Crippen molar-refractivity contribution < 1.29 is 26.3 Å². The lowest BCUT2D eigenvalue weighted by atomic mass is 10.2. The number of aryl methyl sites for hydroxylation is 1. The molecular weight excluding hydrogens is 391 g/mol. The van der Waals surface area contributed by atoms with E-state index in [0.29, 0.717) is 11.5 Å². The van der Waals surface area contributed by atoms with Crippen molar-refractivity contribution in [2.24, 2.45) is 0 Å². The lowest BCUT2D eigenvalue weighted by molar-refractivity contribution is -0.137. The Hall–Kier alpha value is -3.00. The Balaban J connectivity index is 1.78. The van der Waals surface area contributed by atoms with Gasteiger partial charge in [0.15, 0.2) is 0 Å². The molecule has 4 nitrogen and oxygen atoms in total. The van der Waals surface area contributed by atoms with Gasteiger partial charge in [-0.3, -0.25) is 4.72 Å². The molecule has 0 heterocycles. The minimum Gasteiger partial charge on any atom is -0.457 e. The van der Waals surface area contributed by atoms with E-state index < -0.39 is 21.8 Å². The third-order valence-corrected chi connectivity index (χ3v) is 5.29. The van der Waals surface area contributed by atoms with E-state index in [1.165, 1.54) is 30.3 Å². The normalized spacial score (nSPS) is 11.9. The fourth-order valence-corrected chi connectivity index (χ4v) is 3.51. The van der Waals surface area contributed by atoms with Gasteiger partial charge in [0.05, 0.1) is 10.5 Å². The number of ether oxygens (including phenoxy) is 1. The van der Waals surface area contributed by atoms with Crippen LogP contribution in [0.15, 0.2) is 77.7 Å². The number of halogens is 3. The van der Waals surface area contributed by atoms with E-state index in [9.17, 15) is 21.6 Å². The topological polar surface area (TPSA) is 55.4 Å². The summed E-state index contributed by atoms with van der Waals surface area (Å²) in [6.45, 7) is 1.88. The molecule has 0 unspecified atom stereocenters. The fourth-order valence-electron chi connectivity index (χ4n) is 2.46. The highest BCUT2D eigenvalue weighted by Crippen LogP contribution is 2.31. The van der Waals surface area contributed by atoms with Crippen LogP contribution in [0.2, 0.25) is 0 Å². The van der Waals surface area contributed by atoms with Crippen LogP contribution in [-0.4, -0.2) is 8.42 Å². The standard InChI is InChI=1S/C20H16F3NO3S/c1-14-5-2-3-8-19(14)27-17-9-11-18(12-10-17)28(25,26)24-16-7-4-6-15(13-16)20(21,22)23/h2-13,24H,1H3. The van der Waals surface area contributed by atoms with Gasteiger partial charge in [0.1, 0.15) is 11.5 Å². The highest BCUT2D eigenvalue weighted by atomic mass is 32.2. The van der Waals surface area contributed by atoms with Gasteiger partial charge in [-0.25, -0.2) is 8.42 Å². The molecular formula is C20H16F3NO3S. The Morgan fingerprint density at radius 3 is 2.21 bits per heavy atom. The number of benzene rings is 3. The van der Waals surface area contributed by atoms with Crippen LogP contribution in [0.4, 0.5) is 18.9 Å². The van der Waals surface area contributed by atoms with Crippen molar-refractivity contribution in [2.75, 3.05) is 4.72 Å². The molecule has 0 fully saturated rings. The molecule has 0 aromatic heterocycles. The summed E-state index contributed by atoms with van der Waals surface area (Å²) in [5.41, 5.74) is -0.185. The van der Waals surface area contributed by atoms with Crippen molar-refractivity contribution in [3.8, 4) is 11.5 Å². The summed E-state index contributed by atoms with van der Waals surface area (Å²) < 4.78 is 71.1.